The highest BCUT2D eigenvalue weighted by atomic mass is 35.5. The van der Waals surface area contributed by atoms with Gasteiger partial charge in [0.15, 0.2) is 0 Å². The molecule has 0 aliphatic carbocycles. The summed E-state index contributed by atoms with van der Waals surface area (Å²) >= 11 is 6.14. The Balaban J connectivity index is 1.73. The second kappa shape index (κ2) is 9.78. The molecule has 1 N–H and O–H groups in total. The normalized spacial score (nSPS) is 15.7. The molecule has 2 aromatic carbocycles. The second-order valence-corrected chi connectivity index (χ2v) is 6.90. The van der Waals surface area contributed by atoms with Gasteiger partial charge in [-0.25, -0.2) is 0 Å². The van der Waals surface area contributed by atoms with Crippen molar-refractivity contribution in [3.05, 3.63) is 58.6 Å². The molecule has 7 heteroatoms. The molecule has 1 amide bonds. The first kappa shape index (κ1) is 20.5. The number of methoxy groups -OCH3 is 2. The summed E-state index contributed by atoms with van der Waals surface area (Å²) in [5.74, 6) is 1.18. The number of hydrogen-bond donors (Lipinski definition) is 1. The first-order valence-electron chi connectivity index (χ1n) is 9.20. The molecular weight excluding hydrogens is 380 g/mol. The summed E-state index contributed by atoms with van der Waals surface area (Å²) in [7, 11) is 3.19. The number of rotatable bonds is 7. The van der Waals surface area contributed by atoms with E-state index in [-0.39, 0.29) is 11.9 Å². The fraction of sp³-hybridized carbons (Fsp3) is 0.381. The van der Waals surface area contributed by atoms with Crippen molar-refractivity contribution >= 4 is 17.5 Å². The van der Waals surface area contributed by atoms with Gasteiger partial charge in [0, 0.05) is 25.2 Å². The number of halogens is 1. The lowest BCUT2D eigenvalue weighted by molar-refractivity contribution is 0.0162. The number of carbonyl (C=O) groups excluding carboxylic acids is 1. The molecular formula is C21H25ClN2O4. The molecule has 1 fully saturated rings. The molecule has 6 nitrogen and oxygen atoms in total. The summed E-state index contributed by atoms with van der Waals surface area (Å²) < 4.78 is 15.9. The smallest absolute Gasteiger partial charge is 0.251 e. The van der Waals surface area contributed by atoms with Crippen molar-refractivity contribution in [1.82, 2.24) is 10.2 Å². The van der Waals surface area contributed by atoms with Gasteiger partial charge in [-0.05, 0) is 35.9 Å². The Labute approximate surface area is 170 Å². The summed E-state index contributed by atoms with van der Waals surface area (Å²) in [4.78, 5) is 15.0. The van der Waals surface area contributed by atoms with Gasteiger partial charge in [0.25, 0.3) is 5.91 Å². The summed E-state index contributed by atoms with van der Waals surface area (Å²) in [5, 5.41) is 3.45. The minimum atomic E-state index is -0.170. The van der Waals surface area contributed by atoms with Gasteiger partial charge in [-0.3, -0.25) is 9.69 Å². The first-order chi connectivity index (χ1) is 13.6. The second-order valence-electron chi connectivity index (χ2n) is 6.50. The van der Waals surface area contributed by atoms with E-state index in [0.717, 1.165) is 24.4 Å². The number of ether oxygens (including phenoxy) is 3. The molecule has 1 unspecified atom stereocenters. The van der Waals surface area contributed by atoms with Crippen LogP contribution in [0.1, 0.15) is 22.0 Å². The number of carbonyl (C=O) groups is 1. The zero-order chi connectivity index (χ0) is 19.9. The molecule has 0 bridgehead atoms. The highest BCUT2D eigenvalue weighted by Gasteiger charge is 2.23. The molecule has 1 aliphatic heterocycles. The summed E-state index contributed by atoms with van der Waals surface area (Å²) in [6.07, 6.45) is 0. The van der Waals surface area contributed by atoms with E-state index in [0.29, 0.717) is 36.1 Å². The van der Waals surface area contributed by atoms with Crippen molar-refractivity contribution in [3.63, 3.8) is 0 Å². The van der Waals surface area contributed by atoms with E-state index < -0.39 is 0 Å². The molecule has 1 atom stereocenters. The zero-order valence-corrected chi connectivity index (χ0v) is 16.9. The number of nitrogens with one attached hydrogen (secondary N) is 1. The largest absolute Gasteiger partial charge is 0.497 e. The van der Waals surface area contributed by atoms with Gasteiger partial charge in [-0.1, -0.05) is 23.7 Å². The van der Waals surface area contributed by atoms with E-state index >= 15 is 0 Å². The van der Waals surface area contributed by atoms with Gasteiger partial charge in [-0.15, -0.1) is 0 Å². The van der Waals surface area contributed by atoms with Crippen LogP contribution in [0.15, 0.2) is 42.5 Å². The van der Waals surface area contributed by atoms with Crippen molar-refractivity contribution in [3.8, 4) is 11.5 Å². The molecule has 150 valence electrons. The highest BCUT2D eigenvalue weighted by Crippen LogP contribution is 2.26. The molecule has 3 rings (SSSR count). The molecule has 1 heterocycles. The number of benzene rings is 2. The van der Waals surface area contributed by atoms with E-state index in [2.05, 4.69) is 10.2 Å². The van der Waals surface area contributed by atoms with Crippen molar-refractivity contribution in [2.75, 3.05) is 47.1 Å². The number of hydrogen-bond acceptors (Lipinski definition) is 5. The fourth-order valence-electron chi connectivity index (χ4n) is 3.27. The van der Waals surface area contributed by atoms with E-state index in [9.17, 15) is 4.79 Å². The van der Waals surface area contributed by atoms with E-state index in [1.807, 2.05) is 24.3 Å². The molecule has 28 heavy (non-hydrogen) atoms. The third-order valence-electron chi connectivity index (χ3n) is 4.86. The minimum Gasteiger partial charge on any atom is -0.497 e. The van der Waals surface area contributed by atoms with E-state index in [1.54, 1.807) is 32.4 Å². The molecule has 2 aromatic rings. The topological polar surface area (TPSA) is 60.0 Å². The quantitative estimate of drug-likeness (QED) is 0.768. The first-order valence-corrected chi connectivity index (χ1v) is 9.57. The van der Waals surface area contributed by atoms with Gasteiger partial charge in [0.1, 0.15) is 11.5 Å². The number of morpholine rings is 1. The zero-order valence-electron chi connectivity index (χ0n) is 16.1. The monoisotopic (exact) mass is 404 g/mol. The van der Waals surface area contributed by atoms with Crippen LogP contribution in [0.5, 0.6) is 11.5 Å². The Morgan fingerprint density at radius 3 is 2.46 bits per heavy atom. The third-order valence-corrected chi connectivity index (χ3v) is 5.15. The lowest BCUT2D eigenvalue weighted by Crippen LogP contribution is -2.43. The van der Waals surface area contributed by atoms with Crippen LogP contribution in [0.2, 0.25) is 5.02 Å². The van der Waals surface area contributed by atoms with Crippen LogP contribution in [0, 0.1) is 0 Å². The Morgan fingerprint density at radius 1 is 1.14 bits per heavy atom. The number of amides is 1. The maximum atomic E-state index is 12.6. The number of nitrogens with zero attached hydrogens (tertiary/aromatic N) is 1. The van der Waals surface area contributed by atoms with Gasteiger partial charge >= 0.3 is 0 Å². The molecule has 1 saturated heterocycles. The van der Waals surface area contributed by atoms with Gasteiger partial charge in [0.05, 0.1) is 38.5 Å². The van der Waals surface area contributed by atoms with Crippen LogP contribution < -0.4 is 14.8 Å². The van der Waals surface area contributed by atoms with E-state index in [1.165, 1.54) is 0 Å². The third kappa shape index (κ3) is 4.95. The Hall–Kier alpha value is -2.28. The van der Waals surface area contributed by atoms with Crippen molar-refractivity contribution < 1.29 is 19.0 Å². The molecule has 0 radical (unpaired) electrons. The molecule has 0 aromatic heterocycles. The lowest BCUT2D eigenvalue weighted by atomic mass is 10.0. The predicted molar refractivity (Wildman–Crippen MR) is 108 cm³/mol. The summed E-state index contributed by atoms with van der Waals surface area (Å²) in [6, 6.07) is 13.0. The molecule has 1 aliphatic rings. The maximum absolute atomic E-state index is 12.6. The minimum absolute atomic E-state index is 0.0486. The molecule has 0 saturated carbocycles. The van der Waals surface area contributed by atoms with Crippen LogP contribution in [-0.4, -0.2) is 57.9 Å². The van der Waals surface area contributed by atoms with Crippen LogP contribution in [0.4, 0.5) is 0 Å². The van der Waals surface area contributed by atoms with Gasteiger partial charge in [0.2, 0.25) is 0 Å². The Morgan fingerprint density at radius 2 is 1.86 bits per heavy atom. The van der Waals surface area contributed by atoms with Gasteiger partial charge < -0.3 is 19.5 Å². The van der Waals surface area contributed by atoms with Crippen molar-refractivity contribution in [1.29, 1.82) is 0 Å². The van der Waals surface area contributed by atoms with E-state index in [4.69, 9.17) is 25.8 Å². The van der Waals surface area contributed by atoms with Crippen molar-refractivity contribution in [2.24, 2.45) is 0 Å². The van der Waals surface area contributed by atoms with Crippen LogP contribution in [0.25, 0.3) is 0 Å². The highest BCUT2D eigenvalue weighted by molar-refractivity contribution is 6.32. The van der Waals surface area contributed by atoms with Crippen LogP contribution in [-0.2, 0) is 4.74 Å². The lowest BCUT2D eigenvalue weighted by Gasteiger charge is -2.35. The Kier molecular flexibility index (Phi) is 7.14. The summed E-state index contributed by atoms with van der Waals surface area (Å²) in [5.41, 5.74) is 1.62. The average Bonchev–Trinajstić information content (AvgIpc) is 2.75. The van der Waals surface area contributed by atoms with Crippen molar-refractivity contribution in [2.45, 2.75) is 6.04 Å². The summed E-state index contributed by atoms with van der Waals surface area (Å²) in [6.45, 7) is 3.50. The Bertz CT molecular complexity index is 791. The standard InChI is InChI=1S/C21H25ClN2O4/c1-26-17-6-3-15(4-7-17)19(24-9-11-28-12-10-24)14-23-21(25)16-5-8-20(27-2)18(22)13-16/h3-8,13,19H,9-12,14H2,1-2H3,(H,23,25). The fourth-order valence-corrected chi connectivity index (χ4v) is 3.53. The van der Waals surface area contributed by atoms with Crippen LogP contribution in [0.3, 0.4) is 0 Å². The average molecular weight is 405 g/mol. The predicted octanol–water partition coefficient (Wildman–Crippen LogP) is 3.16. The van der Waals surface area contributed by atoms with Gasteiger partial charge in [-0.2, -0.15) is 0 Å². The maximum Gasteiger partial charge on any atom is 0.251 e. The molecule has 0 spiro atoms. The SMILES string of the molecule is COc1ccc(C(CNC(=O)c2ccc(OC)c(Cl)c2)N2CCOCC2)cc1. The van der Waals surface area contributed by atoms with Crippen LogP contribution >= 0.6 is 11.6 Å².